The molecule has 3 N–H and O–H groups in total. The maximum Gasteiger partial charge on any atom is 0.418 e. The predicted molar refractivity (Wildman–Crippen MR) is 105 cm³/mol. The van der Waals surface area contributed by atoms with Crippen molar-refractivity contribution < 1.29 is 21.9 Å². The van der Waals surface area contributed by atoms with E-state index in [-0.39, 0.29) is 16.6 Å². The molecule has 3 rings (SSSR count). The lowest BCUT2D eigenvalue weighted by molar-refractivity contribution is -0.137. The standard InChI is InChI=1S/C15H19F3N4O4S2/c1-28(2,25,26)20-22-13(23)9-7-12(21-3-5-27-6-4-21)10(15(16,17)18)8-11(9)19-14(22)24/h7-8H,3-6H2,1-2H3,(H,19,24)(H2,20,25,26). The Morgan fingerprint density at radius 2 is 1.82 bits per heavy atom. The number of hydrogen-bond acceptors (Lipinski definition) is 5. The van der Waals surface area contributed by atoms with Crippen molar-refractivity contribution in [3.8, 4) is 0 Å². The summed E-state index contributed by atoms with van der Waals surface area (Å²) in [5.74, 6) is 1.29. The van der Waals surface area contributed by atoms with E-state index in [0.29, 0.717) is 29.3 Å². The van der Waals surface area contributed by atoms with Crippen molar-refractivity contribution in [2.45, 2.75) is 6.18 Å². The third kappa shape index (κ3) is 4.36. The number of benzene rings is 1. The van der Waals surface area contributed by atoms with Crippen LogP contribution < -0.4 is 21.0 Å². The fourth-order valence-corrected chi connectivity index (χ4v) is 4.48. The molecule has 8 nitrogen and oxygen atoms in total. The highest BCUT2D eigenvalue weighted by atomic mass is 32.3. The van der Waals surface area contributed by atoms with Gasteiger partial charge in [-0.05, 0) is 12.1 Å². The van der Waals surface area contributed by atoms with Crippen molar-refractivity contribution in [3.63, 3.8) is 0 Å². The molecule has 1 saturated heterocycles. The van der Waals surface area contributed by atoms with Crippen LogP contribution in [-0.4, -0.2) is 55.5 Å². The molecule has 0 bridgehead atoms. The molecule has 2 heterocycles. The van der Waals surface area contributed by atoms with Gasteiger partial charge in [-0.25, -0.2) is 9.63 Å². The van der Waals surface area contributed by atoms with Gasteiger partial charge in [-0.3, -0.25) is 9.35 Å². The second kappa shape index (κ2) is 6.52. The zero-order valence-electron chi connectivity index (χ0n) is 15.0. The number of thioether (sulfide) groups is 1. The fraction of sp³-hybridized carbons (Fsp3) is 0.467. The lowest BCUT2D eigenvalue weighted by Gasteiger charge is -2.35. The molecule has 156 valence electrons. The number of aromatic amines is 1. The van der Waals surface area contributed by atoms with Gasteiger partial charge in [-0.1, -0.05) is 0 Å². The summed E-state index contributed by atoms with van der Waals surface area (Å²) in [4.78, 5) is 30.5. The molecule has 0 radical (unpaired) electrons. The second-order valence-electron chi connectivity index (χ2n) is 6.94. The maximum atomic E-state index is 13.6. The molecule has 0 atom stereocenters. The van der Waals surface area contributed by atoms with Crippen LogP contribution in [0.1, 0.15) is 5.56 Å². The van der Waals surface area contributed by atoms with Gasteiger partial charge in [0.15, 0.2) is 0 Å². The quantitative estimate of drug-likeness (QED) is 0.664. The van der Waals surface area contributed by atoms with E-state index in [2.05, 4.69) is 4.98 Å². The molecule has 1 fully saturated rings. The summed E-state index contributed by atoms with van der Waals surface area (Å²) in [6.07, 6.45) is -2.89. The highest BCUT2D eigenvalue weighted by Crippen LogP contribution is 2.38. The van der Waals surface area contributed by atoms with Gasteiger partial charge in [0.05, 0.1) is 16.5 Å². The minimum Gasteiger partial charge on any atom is -0.369 e. The van der Waals surface area contributed by atoms with Crippen LogP contribution in [0.4, 0.5) is 18.9 Å². The van der Waals surface area contributed by atoms with Crippen LogP contribution in [0.5, 0.6) is 0 Å². The van der Waals surface area contributed by atoms with Gasteiger partial charge in [0.25, 0.3) is 5.56 Å². The van der Waals surface area contributed by atoms with Gasteiger partial charge in [-0.2, -0.15) is 33.8 Å². The first-order chi connectivity index (χ1) is 12.7. The Kier molecular flexibility index (Phi) is 4.83. The van der Waals surface area contributed by atoms with Crippen LogP contribution >= 0.6 is 11.8 Å². The van der Waals surface area contributed by atoms with Crippen LogP contribution in [0.15, 0.2) is 21.7 Å². The predicted octanol–water partition coefficient (Wildman–Crippen LogP) is 1.27. The zero-order valence-corrected chi connectivity index (χ0v) is 16.6. The van der Waals surface area contributed by atoms with Crippen molar-refractivity contribution in [2.75, 3.05) is 46.8 Å². The molecular weight excluding hydrogens is 421 g/mol. The fourth-order valence-electron chi connectivity index (χ4n) is 2.89. The topological polar surface area (TPSA) is 107 Å². The van der Waals surface area contributed by atoms with Crippen LogP contribution in [0.3, 0.4) is 0 Å². The molecule has 1 aromatic heterocycles. The molecule has 1 aromatic carbocycles. The van der Waals surface area contributed by atoms with E-state index in [1.165, 1.54) is 0 Å². The molecule has 0 saturated carbocycles. The van der Waals surface area contributed by atoms with Crippen molar-refractivity contribution in [2.24, 2.45) is 0 Å². The first-order valence-electron chi connectivity index (χ1n) is 8.10. The van der Waals surface area contributed by atoms with Crippen LogP contribution in [0, 0.1) is 0 Å². The summed E-state index contributed by atoms with van der Waals surface area (Å²) in [5.41, 5.74) is -3.58. The summed E-state index contributed by atoms with van der Waals surface area (Å²) in [5, 5.41) is -0.204. The minimum atomic E-state index is -4.68. The zero-order chi connectivity index (χ0) is 20.9. The summed E-state index contributed by atoms with van der Waals surface area (Å²) in [7, 11) is -4.50. The molecule has 0 spiro atoms. The second-order valence-corrected chi connectivity index (χ2v) is 11.9. The van der Waals surface area contributed by atoms with Crippen molar-refractivity contribution in [1.29, 1.82) is 0 Å². The van der Waals surface area contributed by atoms with Gasteiger partial charge in [0.2, 0.25) is 0 Å². The number of nitrogens with zero attached hydrogens (tertiary/aromatic N) is 2. The highest BCUT2D eigenvalue weighted by molar-refractivity contribution is 8.14. The molecule has 0 amide bonds. The average Bonchev–Trinajstić information content (AvgIpc) is 2.56. The van der Waals surface area contributed by atoms with Gasteiger partial charge < -0.3 is 9.88 Å². The molecular formula is C15H19F3N4O4S2. The number of halogens is 3. The summed E-state index contributed by atoms with van der Waals surface area (Å²) in [6, 6.07) is 1.80. The van der Waals surface area contributed by atoms with E-state index >= 15 is 0 Å². The first kappa shape index (κ1) is 20.7. The first-order valence-corrected chi connectivity index (χ1v) is 12.0. The number of anilines is 1. The molecule has 0 aliphatic carbocycles. The Morgan fingerprint density at radius 1 is 1.21 bits per heavy atom. The van der Waals surface area contributed by atoms with Gasteiger partial charge >= 0.3 is 11.9 Å². The number of alkyl halides is 3. The normalized spacial score (nSPS) is 17.4. The minimum absolute atomic E-state index is 0.161. The Morgan fingerprint density at radius 3 is 2.36 bits per heavy atom. The smallest absolute Gasteiger partial charge is 0.369 e. The molecule has 1 aliphatic rings. The van der Waals surface area contributed by atoms with Crippen molar-refractivity contribution in [1.82, 2.24) is 9.66 Å². The molecule has 2 aromatic rings. The van der Waals surface area contributed by atoms with Crippen LogP contribution in [-0.2, 0) is 15.7 Å². The maximum absolute atomic E-state index is 13.6. The van der Waals surface area contributed by atoms with Crippen LogP contribution in [0.2, 0.25) is 0 Å². The number of aromatic nitrogens is 2. The third-order valence-electron chi connectivity index (χ3n) is 4.02. The van der Waals surface area contributed by atoms with Gasteiger partial charge in [0.1, 0.15) is 0 Å². The summed E-state index contributed by atoms with van der Waals surface area (Å²) in [6.45, 7) is 0.761. The Hall–Kier alpha value is -1.99. The number of nitrogens with one attached hydrogen (secondary N) is 2. The highest BCUT2D eigenvalue weighted by Gasteiger charge is 2.36. The molecule has 0 unspecified atom stereocenters. The van der Waals surface area contributed by atoms with E-state index < -0.39 is 32.5 Å². The van der Waals surface area contributed by atoms with E-state index in [4.69, 9.17) is 0 Å². The molecule has 13 heteroatoms. The number of hydrogen-bond donors (Lipinski definition) is 3. The van der Waals surface area contributed by atoms with E-state index in [1.54, 1.807) is 16.7 Å². The molecule has 1 aliphatic heterocycles. The average molecular weight is 440 g/mol. The number of fused-ring (bicyclic) bond motifs is 1. The van der Waals surface area contributed by atoms with E-state index in [1.807, 2.05) is 4.83 Å². The third-order valence-corrected chi connectivity index (χ3v) is 5.67. The van der Waals surface area contributed by atoms with Gasteiger partial charge in [0, 0.05) is 42.8 Å². The summed E-state index contributed by atoms with van der Waals surface area (Å²) >= 11 is 1.62. The monoisotopic (exact) mass is 440 g/mol. The van der Waals surface area contributed by atoms with Crippen LogP contribution in [0.25, 0.3) is 10.9 Å². The SMILES string of the molecule is CS(C)(=O)(O)Nn1c(=O)[nH]c2cc(C(F)(F)F)c(N3CCSCC3)cc2c1=O. The molecule has 28 heavy (non-hydrogen) atoms. The van der Waals surface area contributed by atoms with E-state index in [9.17, 15) is 31.5 Å². The number of rotatable bonds is 3. The number of H-pyrrole nitrogens is 1. The van der Waals surface area contributed by atoms with Crippen molar-refractivity contribution >= 4 is 37.9 Å². The van der Waals surface area contributed by atoms with Gasteiger partial charge in [-0.15, -0.1) is 9.53 Å². The van der Waals surface area contributed by atoms with Crippen molar-refractivity contribution in [3.05, 3.63) is 38.5 Å². The Labute approximate surface area is 161 Å². The van der Waals surface area contributed by atoms with E-state index in [0.717, 1.165) is 24.6 Å². The Bertz CT molecular complexity index is 1100. The largest absolute Gasteiger partial charge is 0.418 e. The Balaban J connectivity index is 2.29. The lowest BCUT2D eigenvalue weighted by Crippen LogP contribution is -2.52. The summed E-state index contributed by atoms with van der Waals surface area (Å²) < 4.78 is 63.0. The lowest BCUT2D eigenvalue weighted by atomic mass is 10.1.